The van der Waals surface area contributed by atoms with E-state index in [0.29, 0.717) is 25.1 Å². The summed E-state index contributed by atoms with van der Waals surface area (Å²) in [6.07, 6.45) is 0.494. The zero-order valence-corrected chi connectivity index (χ0v) is 9.48. The first-order valence-electron chi connectivity index (χ1n) is 5.42. The van der Waals surface area contributed by atoms with Crippen molar-refractivity contribution in [1.29, 1.82) is 0 Å². The van der Waals surface area contributed by atoms with Gasteiger partial charge in [-0.1, -0.05) is 12.1 Å². The lowest BCUT2D eigenvalue weighted by Gasteiger charge is -2.04. The third-order valence-electron chi connectivity index (χ3n) is 2.30. The molecule has 0 fully saturated rings. The first-order valence-corrected chi connectivity index (χ1v) is 5.42. The van der Waals surface area contributed by atoms with Gasteiger partial charge in [-0.2, -0.15) is 0 Å². The Morgan fingerprint density at radius 3 is 2.41 bits per heavy atom. The summed E-state index contributed by atoms with van der Waals surface area (Å²) in [5, 5.41) is 11.1. The Labute approximate surface area is 99.6 Å². The standard InChI is InChI=1S/C12H16N2O3/c13-8-9-3-5-10(6-4-9)12(17)14-7-1-2-11(15)16/h3-6H,1-2,7-8,13H2,(H,14,17)(H,15,16). The van der Waals surface area contributed by atoms with Crippen LogP contribution in [0.15, 0.2) is 24.3 Å². The smallest absolute Gasteiger partial charge is 0.303 e. The van der Waals surface area contributed by atoms with Crippen molar-refractivity contribution in [3.05, 3.63) is 35.4 Å². The van der Waals surface area contributed by atoms with Crippen LogP contribution in [0.3, 0.4) is 0 Å². The molecule has 0 radical (unpaired) electrons. The molecule has 0 bridgehead atoms. The van der Waals surface area contributed by atoms with Crippen molar-refractivity contribution in [3.63, 3.8) is 0 Å². The molecule has 17 heavy (non-hydrogen) atoms. The van der Waals surface area contributed by atoms with Crippen LogP contribution in [-0.2, 0) is 11.3 Å². The number of benzene rings is 1. The predicted octanol–water partition coefficient (Wildman–Crippen LogP) is 0.740. The third kappa shape index (κ3) is 4.65. The maximum Gasteiger partial charge on any atom is 0.303 e. The van der Waals surface area contributed by atoms with E-state index in [-0.39, 0.29) is 12.3 Å². The molecule has 4 N–H and O–H groups in total. The second-order valence-corrected chi connectivity index (χ2v) is 3.65. The summed E-state index contributed by atoms with van der Waals surface area (Å²) >= 11 is 0. The summed E-state index contributed by atoms with van der Waals surface area (Å²) in [6.45, 7) is 0.810. The van der Waals surface area contributed by atoms with Crippen molar-refractivity contribution >= 4 is 11.9 Å². The lowest BCUT2D eigenvalue weighted by molar-refractivity contribution is -0.137. The number of carboxylic acid groups (broad SMARTS) is 1. The van der Waals surface area contributed by atoms with Gasteiger partial charge < -0.3 is 16.2 Å². The molecular formula is C12H16N2O3. The number of nitrogens with two attached hydrogens (primary N) is 1. The highest BCUT2D eigenvalue weighted by Crippen LogP contribution is 2.03. The van der Waals surface area contributed by atoms with Crippen molar-refractivity contribution in [2.45, 2.75) is 19.4 Å². The number of hydrogen-bond acceptors (Lipinski definition) is 3. The van der Waals surface area contributed by atoms with Crippen LogP contribution in [0.25, 0.3) is 0 Å². The average molecular weight is 236 g/mol. The minimum Gasteiger partial charge on any atom is -0.481 e. The van der Waals surface area contributed by atoms with Gasteiger partial charge in [-0.25, -0.2) is 0 Å². The molecule has 0 atom stereocenters. The Bertz CT molecular complexity index is 387. The maximum atomic E-state index is 11.6. The van der Waals surface area contributed by atoms with E-state index in [1.54, 1.807) is 24.3 Å². The van der Waals surface area contributed by atoms with Crippen molar-refractivity contribution < 1.29 is 14.7 Å². The number of hydrogen-bond donors (Lipinski definition) is 3. The zero-order chi connectivity index (χ0) is 12.7. The van der Waals surface area contributed by atoms with Crippen LogP contribution < -0.4 is 11.1 Å². The molecule has 1 aromatic carbocycles. The molecule has 5 nitrogen and oxygen atoms in total. The van der Waals surface area contributed by atoms with Gasteiger partial charge in [0.2, 0.25) is 0 Å². The Morgan fingerprint density at radius 2 is 1.88 bits per heavy atom. The molecule has 0 spiro atoms. The monoisotopic (exact) mass is 236 g/mol. The van der Waals surface area contributed by atoms with Gasteiger partial charge in [0.1, 0.15) is 0 Å². The minimum absolute atomic E-state index is 0.0619. The van der Waals surface area contributed by atoms with Crippen molar-refractivity contribution in [3.8, 4) is 0 Å². The Balaban J connectivity index is 2.38. The highest BCUT2D eigenvalue weighted by molar-refractivity contribution is 5.94. The van der Waals surface area contributed by atoms with E-state index in [2.05, 4.69) is 5.32 Å². The van der Waals surface area contributed by atoms with Gasteiger partial charge in [-0.05, 0) is 24.1 Å². The van der Waals surface area contributed by atoms with Crippen molar-refractivity contribution in [1.82, 2.24) is 5.32 Å². The average Bonchev–Trinajstić information content (AvgIpc) is 2.34. The molecule has 1 rings (SSSR count). The zero-order valence-electron chi connectivity index (χ0n) is 9.48. The molecule has 1 amide bonds. The molecule has 0 aliphatic rings. The molecule has 0 saturated heterocycles. The van der Waals surface area contributed by atoms with Crippen LogP contribution in [0.5, 0.6) is 0 Å². The normalized spacial score (nSPS) is 9.94. The molecular weight excluding hydrogens is 220 g/mol. The summed E-state index contributed by atoms with van der Waals surface area (Å²) in [7, 11) is 0. The summed E-state index contributed by atoms with van der Waals surface area (Å²) in [5.74, 6) is -1.05. The van der Waals surface area contributed by atoms with Gasteiger partial charge in [0.25, 0.3) is 5.91 Å². The molecule has 92 valence electrons. The van der Waals surface area contributed by atoms with E-state index in [0.717, 1.165) is 5.56 Å². The number of carboxylic acids is 1. The number of rotatable bonds is 6. The maximum absolute atomic E-state index is 11.6. The van der Waals surface area contributed by atoms with E-state index in [4.69, 9.17) is 10.8 Å². The fraction of sp³-hybridized carbons (Fsp3) is 0.333. The Kier molecular flexibility index (Phi) is 5.16. The van der Waals surface area contributed by atoms with Crippen LogP contribution in [-0.4, -0.2) is 23.5 Å². The van der Waals surface area contributed by atoms with Crippen molar-refractivity contribution in [2.24, 2.45) is 5.73 Å². The quantitative estimate of drug-likeness (QED) is 0.635. The van der Waals surface area contributed by atoms with Crippen LogP contribution in [0.4, 0.5) is 0 Å². The van der Waals surface area contributed by atoms with Gasteiger partial charge >= 0.3 is 5.97 Å². The molecule has 1 aromatic rings. The number of aliphatic carboxylic acids is 1. The molecule has 0 aliphatic heterocycles. The van der Waals surface area contributed by atoms with Gasteiger partial charge in [0, 0.05) is 25.1 Å². The first-order chi connectivity index (χ1) is 8.13. The van der Waals surface area contributed by atoms with Gasteiger partial charge in [0.15, 0.2) is 0 Å². The number of amides is 1. The lowest BCUT2D eigenvalue weighted by Crippen LogP contribution is -2.24. The number of nitrogens with one attached hydrogen (secondary N) is 1. The lowest BCUT2D eigenvalue weighted by atomic mass is 10.1. The van der Waals surface area contributed by atoms with E-state index in [1.165, 1.54) is 0 Å². The Hall–Kier alpha value is -1.88. The minimum atomic E-state index is -0.855. The fourth-order valence-electron chi connectivity index (χ4n) is 1.34. The van der Waals surface area contributed by atoms with Gasteiger partial charge in [0.05, 0.1) is 0 Å². The topological polar surface area (TPSA) is 92.4 Å². The van der Waals surface area contributed by atoms with Crippen LogP contribution in [0.1, 0.15) is 28.8 Å². The third-order valence-corrected chi connectivity index (χ3v) is 2.30. The predicted molar refractivity (Wildman–Crippen MR) is 63.5 cm³/mol. The number of carbonyl (C=O) groups is 2. The van der Waals surface area contributed by atoms with Crippen LogP contribution in [0.2, 0.25) is 0 Å². The fourth-order valence-corrected chi connectivity index (χ4v) is 1.34. The summed E-state index contributed by atoms with van der Waals surface area (Å²) in [4.78, 5) is 21.9. The van der Waals surface area contributed by atoms with Crippen LogP contribution >= 0.6 is 0 Å². The first kappa shape index (κ1) is 13.2. The highest BCUT2D eigenvalue weighted by Gasteiger charge is 2.04. The molecule has 5 heteroatoms. The molecule has 0 unspecified atom stereocenters. The van der Waals surface area contributed by atoms with E-state index in [1.807, 2.05) is 0 Å². The summed E-state index contributed by atoms with van der Waals surface area (Å²) in [6, 6.07) is 7.00. The summed E-state index contributed by atoms with van der Waals surface area (Å²) in [5.41, 5.74) is 6.96. The van der Waals surface area contributed by atoms with Gasteiger partial charge in [-0.3, -0.25) is 9.59 Å². The number of carbonyl (C=O) groups excluding carboxylic acids is 1. The second-order valence-electron chi connectivity index (χ2n) is 3.65. The van der Waals surface area contributed by atoms with Crippen molar-refractivity contribution in [2.75, 3.05) is 6.54 Å². The van der Waals surface area contributed by atoms with E-state index < -0.39 is 5.97 Å². The Morgan fingerprint density at radius 1 is 1.24 bits per heavy atom. The SMILES string of the molecule is NCc1ccc(C(=O)NCCCC(=O)O)cc1. The summed E-state index contributed by atoms with van der Waals surface area (Å²) < 4.78 is 0. The molecule has 0 aliphatic carbocycles. The highest BCUT2D eigenvalue weighted by atomic mass is 16.4. The van der Waals surface area contributed by atoms with E-state index in [9.17, 15) is 9.59 Å². The second kappa shape index (κ2) is 6.65. The molecule has 0 saturated carbocycles. The molecule has 0 aromatic heterocycles. The van der Waals surface area contributed by atoms with Gasteiger partial charge in [-0.15, -0.1) is 0 Å². The van der Waals surface area contributed by atoms with Crippen LogP contribution in [0, 0.1) is 0 Å². The molecule has 0 heterocycles. The van der Waals surface area contributed by atoms with E-state index >= 15 is 0 Å². The largest absolute Gasteiger partial charge is 0.481 e.